The molecule has 1 fully saturated rings. The Morgan fingerprint density at radius 3 is 2.63 bits per heavy atom. The molecule has 0 radical (unpaired) electrons. The van der Waals surface area contributed by atoms with Gasteiger partial charge in [0.05, 0.1) is 16.6 Å². The van der Waals surface area contributed by atoms with Crippen molar-refractivity contribution in [2.24, 2.45) is 0 Å². The minimum absolute atomic E-state index is 0.0404. The zero-order chi connectivity index (χ0) is 14.2. The molecule has 0 amide bonds. The zero-order valence-electron chi connectivity index (χ0n) is 9.78. The van der Waals surface area contributed by atoms with E-state index in [1.165, 1.54) is 16.4 Å². The molecular formula is C11H12INO5S. The van der Waals surface area contributed by atoms with Gasteiger partial charge in [0, 0.05) is 16.7 Å². The molecule has 2 N–H and O–H groups in total. The van der Waals surface area contributed by atoms with Crippen LogP contribution in [0, 0.1) is 3.57 Å². The Bertz CT molecular complexity index is 616. The molecule has 104 valence electrons. The summed E-state index contributed by atoms with van der Waals surface area (Å²) < 4.78 is 26.2. The molecule has 0 aromatic heterocycles. The van der Waals surface area contributed by atoms with Crippen molar-refractivity contribution in [3.63, 3.8) is 0 Å². The molecule has 1 aromatic carbocycles. The Hall–Kier alpha value is -0.710. The van der Waals surface area contributed by atoms with Crippen molar-refractivity contribution in [3.8, 4) is 0 Å². The first kappa shape index (κ1) is 14.7. The van der Waals surface area contributed by atoms with Crippen LogP contribution in [0.1, 0.15) is 16.8 Å². The summed E-state index contributed by atoms with van der Waals surface area (Å²) in [6.07, 6.45) is -0.257. The lowest BCUT2D eigenvalue weighted by molar-refractivity contribution is 0.0695. The minimum Gasteiger partial charge on any atom is -0.478 e. The number of hydrogen-bond acceptors (Lipinski definition) is 4. The second kappa shape index (κ2) is 5.35. The Balaban J connectivity index is 2.41. The van der Waals surface area contributed by atoms with Crippen LogP contribution in [0.3, 0.4) is 0 Å². The largest absolute Gasteiger partial charge is 0.478 e. The van der Waals surface area contributed by atoms with Gasteiger partial charge in [-0.05, 0) is 47.2 Å². The fourth-order valence-electron chi connectivity index (χ4n) is 1.91. The van der Waals surface area contributed by atoms with Crippen LogP contribution in [-0.2, 0) is 10.0 Å². The van der Waals surface area contributed by atoms with Gasteiger partial charge in [0.15, 0.2) is 0 Å². The highest BCUT2D eigenvalue weighted by Gasteiger charge is 2.32. The highest BCUT2D eigenvalue weighted by molar-refractivity contribution is 14.1. The molecule has 0 aliphatic carbocycles. The summed E-state index contributed by atoms with van der Waals surface area (Å²) in [5, 5.41) is 18.4. The molecule has 1 unspecified atom stereocenters. The standard InChI is InChI=1S/C11H12INO5S/c12-10-2-1-8(5-9(10)11(15)16)19(17,18)13-4-3-7(14)6-13/h1-2,5,7,14H,3-4,6H2,(H,15,16). The number of benzene rings is 1. The third kappa shape index (κ3) is 2.91. The van der Waals surface area contributed by atoms with E-state index in [9.17, 15) is 18.3 Å². The predicted molar refractivity (Wildman–Crippen MR) is 75.5 cm³/mol. The molecule has 6 nitrogen and oxygen atoms in total. The average molecular weight is 397 g/mol. The van der Waals surface area contributed by atoms with Crippen LogP contribution in [0.5, 0.6) is 0 Å². The first-order valence-corrected chi connectivity index (χ1v) is 8.05. The summed E-state index contributed by atoms with van der Waals surface area (Å²) in [7, 11) is -3.74. The van der Waals surface area contributed by atoms with Crippen molar-refractivity contribution < 1.29 is 23.4 Å². The molecule has 1 aromatic rings. The number of β-amino-alcohol motifs (C(OH)–C–C–N with tert-alkyl or cyclic N) is 1. The lowest BCUT2D eigenvalue weighted by atomic mass is 10.2. The van der Waals surface area contributed by atoms with Crippen LogP contribution < -0.4 is 0 Å². The van der Waals surface area contributed by atoms with Gasteiger partial charge in [-0.25, -0.2) is 13.2 Å². The van der Waals surface area contributed by atoms with Gasteiger partial charge in [-0.1, -0.05) is 0 Å². The SMILES string of the molecule is O=C(O)c1cc(S(=O)(=O)N2CCC(O)C2)ccc1I. The van der Waals surface area contributed by atoms with Gasteiger partial charge in [0.2, 0.25) is 10.0 Å². The summed E-state index contributed by atoms with van der Waals surface area (Å²) in [6.45, 7) is 0.300. The fourth-order valence-corrected chi connectivity index (χ4v) is 3.99. The fraction of sp³-hybridized carbons (Fsp3) is 0.364. The van der Waals surface area contributed by atoms with E-state index < -0.39 is 22.1 Å². The number of carbonyl (C=O) groups is 1. The number of sulfonamides is 1. The minimum atomic E-state index is -3.74. The van der Waals surface area contributed by atoms with Crippen LogP contribution in [0.25, 0.3) is 0 Å². The maximum absolute atomic E-state index is 12.3. The molecule has 8 heteroatoms. The number of rotatable bonds is 3. The number of nitrogens with zero attached hydrogens (tertiary/aromatic N) is 1. The number of aliphatic hydroxyl groups is 1. The van der Waals surface area contributed by atoms with E-state index in [0.29, 0.717) is 9.99 Å². The molecule has 1 aliphatic heterocycles. The molecule has 1 aliphatic rings. The molecule has 1 atom stereocenters. The Kier molecular flexibility index (Phi) is 4.14. The van der Waals surface area contributed by atoms with E-state index in [4.69, 9.17) is 5.11 Å². The smallest absolute Gasteiger partial charge is 0.336 e. The normalized spacial score (nSPS) is 20.6. The van der Waals surface area contributed by atoms with Gasteiger partial charge in [-0.15, -0.1) is 0 Å². The molecule has 1 heterocycles. The average Bonchev–Trinajstić information content (AvgIpc) is 2.76. The van der Waals surface area contributed by atoms with Crippen molar-refractivity contribution in [2.45, 2.75) is 17.4 Å². The molecule has 2 rings (SSSR count). The van der Waals surface area contributed by atoms with Crippen LogP contribution >= 0.6 is 22.6 Å². The van der Waals surface area contributed by atoms with Gasteiger partial charge in [-0.2, -0.15) is 4.31 Å². The van der Waals surface area contributed by atoms with Crippen LogP contribution in [0.4, 0.5) is 0 Å². The lowest BCUT2D eigenvalue weighted by Crippen LogP contribution is -2.29. The molecule has 19 heavy (non-hydrogen) atoms. The molecule has 1 saturated heterocycles. The van der Waals surface area contributed by atoms with Gasteiger partial charge in [-0.3, -0.25) is 0 Å². The van der Waals surface area contributed by atoms with Gasteiger partial charge in [0.25, 0.3) is 0 Å². The van der Waals surface area contributed by atoms with Crippen LogP contribution in [0.2, 0.25) is 0 Å². The first-order valence-electron chi connectivity index (χ1n) is 5.53. The molecular weight excluding hydrogens is 385 g/mol. The number of hydrogen-bond donors (Lipinski definition) is 2. The highest BCUT2D eigenvalue weighted by atomic mass is 127. The van der Waals surface area contributed by atoms with Crippen molar-refractivity contribution in [1.82, 2.24) is 4.31 Å². The second-order valence-corrected chi connectivity index (χ2v) is 7.35. The van der Waals surface area contributed by atoms with E-state index in [1.54, 1.807) is 0 Å². The lowest BCUT2D eigenvalue weighted by Gasteiger charge is -2.16. The summed E-state index contributed by atoms with van der Waals surface area (Å²) in [5.74, 6) is -1.16. The Labute approximate surface area is 124 Å². The number of aromatic carboxylic acids is 1. The topological polar surface area (TPSA) is 94.9 Å². The summed E-state index contributed by atoms with van der Waals surface area (Å²) in [5.41, 5.74) is -0.0404. The monoisotopic (exact) mass is 397 g/mol. The van der Waals surface area contributed by atoms with Gasteiger partial charge in [0.1, 0.15) is 0 Å². The maximum Gasteiger partial charge on any atom is 0.336 e. The van der Waals surface area contributed by atoms with Crippen molar-refractivity contribution in [3.05, 3.63) is 27.3 Å². The highest BCUT2D eigenvalue weighted by Crippen LogP contribution is 2.24. The summed E-state index contributed by atoms with van der Waals surface area (Å²) >= 11 is 1.84. The number of carboxylic acids is 1. The number of halogens is 1. The zero-order valence-corrected chi connectivity index (χ0v) is 12.8. The molecule has 0 bridgehead atoms. The molecule has 0 saturated carbocycles. The maximum atomic E-state index is 12.3. The molecule has 0 spiro atoms. The first-order chi connectivity index (χ1) is 8.82. The van der Waals surface area contributed by atoms with Gasteiger partial charge >= 0.3 is 5.97 Å². The van der Waals surface area contributed by atoms with E-state index in [0.717, 1.165) is 6.07 Å². The Morgan fingerprint density at radius 2 is 2.11 bits per heavy atom. The van der Waals surface area contributed by atoms with E-state index >= 15 is 0 Å². The quantitative estimate of drug-likeness (QED) is 0.734. The summed E-state index contributed by atoms with van der Waals surface area (Å²) in [4.78, 5) is 11.0. The third-order valence-electron chi connectivity index (χ3n) is 2.93. The van der Waals surface area contributed by atoms with Crippen LogP contribution in [-0.4, -0.2) is 48.1 Å². The number of aliphatic hydroxyl groups excluding tert-OH is 1. The van der Waals surface area contributed by atoms with Crippen LogP contribution in [0.15, 0.2) is 23.1 Å². The van der Waals surface area contributed by atoms with E-state index in [2.05, 4.69) is 0 Å². The van der Waals surface area contributed by atoms with E-state index in [1.807, 2.05) is 22.6 Å². The van der Waals surface area contributed by atoms with Crippen molar-refractivity contribution in [1.29, 1.82) is 0 Å². The predicted octanol–water partition coefficient (Wildman–Crippen LogP) is 0.745. The van der Waals surface area contributed by atoms with Gasteiger partial charge < -0.3 is 10.2 Å². The summed E-state index contributed by atoms with van der Waals surface area (Å²) in [6, 6.07) is 4.00. The Morgan fingerprint density at radius 1 is 1.42 bits per heavy atom. The second-order valence-electron chi connectivity index (χ2n) is 4.25. The third-order valence-corrected chi connectivity index (χ3v) is 5.73. The number of carboxylic acid groups (broad SMARTS) is 1. The van der Waals surface area contributed by atoms with Crippen molar-refractivity contribution >= 4 is 38.6 Å². The van der Waals surface area contributed by atoms with Crippen molar-refractivity contribution in [2.75, 3.05) is 13.1 Å². The van der Waals surface area contributed by atoms with E-state index in [-0.39, 0.29) is 23.5 Å².